The van der Waals surface area contributed by atoms with Crippen molar-refractivity contribution in [3.8, 4) is 0 Å². The number of hydrogen-bond acceptors (Lipinski definition) is 3. The van der Waals surface area contributed by atoms with E-state index in [9.17, 15) is 18.7 Å². The van der Waals surface area contributed by atoms with Gasteiger partial charge in [-0.3, -0.25) is 4.98 Å². The van der Waals surface area contributed by atoms with Crippen LogP contribution in [0.2, 0.25) is 0 Å². The molecule has 0 unspecified atom stereocenters. The van der Waals surface area contributed by atoms with Gasteiger partial charge in [0, 0.05) is 22.4 Å². The monoisotopic (exact) mass is 372 g/mol. The number of carbonyl (C=O) groups is 1. The number of aliphatic hydroxyl groups is 1. The van der Waals surface area contributed by atoms with Gasteiger partial charge in [0.15, 0.2) is 0 Å². The predicted molar refractivity (Wildman–Crippen MR) is 77.2 cm³/mol. The Kier molecular flexibility index (Phi) is 5.04. The molecule has 0 aliphatic rings. The zero-order valence-corrected chi connectivity index (χ0v) is 12.6. The first-order chi connectivity index (χ1) is 10.4. The fourth-order valence-corrected chi connectivity index (χ4v) is 2.38. The number of halogens is 3. The number of hydrogen-bond donors (Lipinski definition) is 3. The number of nitrogens with one attached hydrogen (secondary N) is 1. The molecule has 1 amide bonds. The molecular formula is C14H11BrF2N2O3. The van der Waals surface area contributed by atoms with Crippen LogP contribution < -0.4 is 5.32 Å². The van der Waals surface area contributed by atoms with Crippen LogP contribution in [-0.4, -0.2) is 21.3 Å². The van der Waals surface area contributed by atoms with E-state index in [1.807, 2.05) is 0 Å². The summed E-state index contributed by atoms with van der Waals surface area (Å²) >= 11 is 3.17. The topological polar surface area (TPSA) is 82.5 Å². The fraction of sp³-hybridized carbons (Fsp3) is 0.143. The molecule has 116 valence electrons. The highest BCUT2D eigenvalue weighted by molar-refractivity contribution is 9.10. The van der Waals surface area contributed by atoms with Gasteiger partial charge < -0.3 is 15.5 Å². The van der Waals surface area contributed by atoms with Gasteiger partial charge in [-0.25, -0.2) is 13.6 Å². The molecule has 2 rings (SSSR count). The second-order valence-electron chi connectivity index (χ2n) is 4.47. The van der Waals surface area contributed by atoms with Crippen molar-refractivity contribution in [2.75, 3.05) is 0 Å². The average Bonchev–Trinajstić information content (AvgIpc) is 2.46. The Labute approximate surface area is 132 Å². The van der Waals surface area contributed by atoms with Gasteiger partial charge in [0.05, 0.1) is 6.04 Å². The maximum absolute atomic E-state index is 13.8. The highest BCUT2D eigenvalue weighted by atomic mass is 79.9. The van der Waals surface area contributed by atoms with E-state index in [-0.39, 0.29) is 5.56 Å². The summed E-state index contributed by atoms with van der Waals surface area (Å²) in [5.74, 6) is -1.58. The summed E-state index contributed by atoms with van der Waals surface area (Å²) in [6.07, 6.45) is -0.244. The first kappa shape index (κ1) is 16.3. The lowest BCUT2D eigenvalue weighted by Gasteiger charge is -2.24. The smallest absolute Gasteiger partial charge is 0.405 e. The largest absolute Gasteiger partial charge is 0.465 e. The molecule has 2 atom stereocenters. The minimum atomic E-state index is -1.62. The maximum atomic E-state index is 13.8. The summed E-state index contributed by atoms with van der Waals surface area (Å²) in [6.45, 7) is 0. The number of nitrogens with zero attached hydrogens (tertiary/aromatic N) is 1. The average molecular weight is 373 g/mol. The quantitative estimate of drug-likeness (QED) is 0.769. The van der Waals surface area contributed by atoms with Crippen LogP contribution >= 0.6 is 15.9 Å². The Hall–Kier alpha value is -2.06. The number of aliphatic hydroxyl groups excluding tert-OH is 1. The third kappa shape index (κ3) is 3.77. The molecule has 2 aromatic rings. The molecule has 0 bridgehead atoms. The van der Waals surface area contributed by atoms with Gasteiger partial charge in [-0.15, -0.1) is 0 Å². The molecule has 1 aromatic heterocycles. The van der Waals surface area contributed by atoms with Crippen LogP contribution in [0, 0.1) is 11.6 Å². The van der Waals surface area contributed by atoms with Crippen LogP contribution in [-0.2, 0) is 0 Å². The first-order valence-electron chi connectivity index (χ1n) is 6.11. The summed E-state index contributed by atoms with van der Waals surface area (Å²) in [6, 6.07) is 2.91. The van der Waals surface area contributed by atoms with Gasteiger partial charge in [-0.1, -0.05) is 0 Å². The molecule has 0 aliphatic heterocycles. The molecule has 5 nitrogen and oxygen atoms in total. The Bertz CT molecular complexity index is 700. The Morgan fingerprint density at radius 2 is 2.00 bits per heavy atom. The van der Waals surface area contributed by atoms with Gasteiger partial charge >= 0.3 is 6.09 Å². The predicted octanol–water partition coefficient (Wildman–Crippen LogP) is 3.16. The SMILES string of the molecule is O=C(O)N[C@H](c1cncc(Br)c1)[C@H](O)c1cc(F)ccc1F. The van der Waals surface area contributed by atoms with Gasteiger partial charge in [-0.2, -0.15) is 0 Å². The van der Waals surface area contributed by atoms with E-state index in [2.05, 4.69) is 26.2 Å². The molecule has 3 N–H and O–H groups in total. The lowest BCUT2D eigenvalue weighted by molar-refractivity contribution is 0.117. The third-order valence-electron chi connectivity index (χ3n) is 2.96. The van der Waals surface area contributed by atoms with Gasteiger partial charge in [0.2, 0.25) is 0 Å². The number of benzene rings is 1. The Morgan fingerprint density at radius 3 is 2.64 bits per heavy atom. The fourth-order valence-electron chi connectivity index (χ4n) is 2.00. The summed E-state index contributed by atoms with van der Waals surface area (Å²) in [5, 5.41) is 21.3. The van der Waals surface area contributed by atoms with Crippen molar-refractivity contribution in [2.45, 2.75) is 12.1 Å². The highest BCUT2D eigenvalue weighted by Crippen LogP contribution is 2.31. The van der Waals surface area contributed by atoms with Crippen LogP contribution in [0.3, 0.4) is 0 Å². The molecule has 1 aromatic carbocycles. The number of amides is 1. The first-order valence-corrected chi connectivity index (χ1v) is 6.90. The molecule has 1 heterocycles. The molecule has 0 aliphatic carbocycles. The molecule has 22 heavy (non-hydrogen) atoms. The van der Waals surface area contributed by atoms with Crippen LogP contribution in [0.1, 0.15) is 23.3 Å². The summed E-state index contributed by atoms with van der Waals surface area (Å²) in [5.41, 5.74) is -0.0494. The van der Waals surface area contributed by atoms with Crippen molar-refractivity contribution in [2.24, 2.45) is 0 Å². The van der Waals surface area contributed by atoms with Crippen molar-refractivity contribution in [1.82, 2.24) is 10.3 Å². The number of aromatic nitrogens is 1. The molecule has 0 radical (unpaired) electrons. The molecule has 0 fully saturated rings. The van der Waals surface area contributed by atoms with E-state index in [4.69, 9.17) is 5.11 Å². The van der Waals surface area contributed by atoms with Crippen molar-refractivity contribution in [3.05, 3.63) is 63.9 Å². The van der Waals surface area contributed by atoms with Crippen LogP contribution in [0.4, 0.5) is 13.6 Å². The number of pyridine rings is 1. The minimum absolute atomic E-state index is 0.299. The van der Waals surface area contributed by atoms with E-state index in [1.54, 1.807) is 0 Å². The van der Waals surface area contributed by atoms with Crippen LogP contribution in [0.5, 0.6) is 0 Å². The van der Waals surface area contributed by atoms with Crippen LogP contribution in [0.25, 0.3) is 0 Å². The molecule has 0 saturated carbocycles. The minimum Gasteiger partial charge on any atom is -0.465 e. The van der Waals surface area contributed by atoms with E-state index < -0.39 is 29.9 Å². The summed E-state index contributed by atoms with van der Waals surface area (Å²) < 4.78 is 27.6. The van der Waals surface area contributed by atoms with Crippen molar-refractivity contribution in [1.29, 1.82) is 0 Å². The molecular weight excluding hydrogens is 362 g/mol. The van der Waals surface area contributed by atoms with Crippen LogP contribution in [0.15, 0.2) is 41.1 Å². The lowest BCUT2D eigenvalue weighted by atomic mass is 9.96. The van der Waals surface area contributed by atoms with Crippen molar-refractivity contribution < 1.29 is 23.8 Å². The van der Waals surface area contributed by atoms with Crippen molar-refractivity contribution >= 4 is 22.0 Å². The second kappa shape index (κ2) is 6.80. The lowest BCUT2D eigenvalue weighted by Crippen LogP contribution is -2.32. The van der Waals surface area contributed by atoms with Gasteiger partial charge in [0.25, 0.3) is 0 Å². The Balaban J connectivity index is 2.44. The maximum Gasteiger partial charge on any atom is 0.405 e. The molecule has 0 spiro atoms. The normalized spacial score (nSPS) is 13.5. The zero-order valence-electron chi connectivity index (χ0n) is 11.0. The second-order valence-corrected chi connectivity index (χ2v) is 5.39. The van der Waals surface area contributed by atoms with E-state index >= 15 is 0 Å². The number of rotatable bonds is 4. The summed E-state index contributed by atoms with van der Waals surface area (Å²) in [4.78, 5) is 14.8. The van der Waals surface area contributed by atoms with E-state index in [0.29, 0.717) is 10.0 Å². The van der Waals surface area contributed by atoms with E-state index in [1.165, 1.54) is 18.5 Å². The molecule has 8 heteroatoms. The summed E-state index contributed by atoms with van der Waals surface area (Å²) in [7, 11) is 0. The Morgan fingerprint density at radius 1 is 1.27 bits per heavy atom. The standard InChI is InChI=1S/C14H11BrF2N2O3/c15-8-3-7(5-18-6-8)12(19-14(21)22)13(20)10-4-9(16)1-2-11(10)17/h1-6,12-13,19-20H,(H,21,22)/t12-,13-/m1/s1. The highest BCUT2D eigenvalue weighted by Gasteiger charge is 2.27. The van der Waals surface area contributed by atoms with Gasteiger partial charge in [0.1, 0.15) is 17.7 Å². The molecule has 0 saturated heterocycles. The third-order valence-corrected chi connectivity index (χ3v) is 3.39. The van der Waals surface area contributed by atoms with Gasteiger partial charge in [-0.05, 0) is 45.8 Å². The van der Waals surface area contributed by atoms with Crippen molar-refractivity contribution in [3.63, 3.8) is 0 Å². The van der Waals surface area contributed by atoms with E-state index in [0.717, 1.165) is 18.2 Å². The number of carboxylic acid groups (broad SMARTS) is 1. The zero-order chi connectivity index (χ0) is 16.3.